The third-order valence-electron chi connectivity index (χ3n) is 4.17. The summed E-state index contributed by atoms with van der Waals surface area (Å²) in [6.07, 6.45) is -4.70. The van der Waals surface area contributed by atoms with Gasteiger partial charge in [-0.1, -0.05) is 29.8 Å². The molecular formula is C20H17ClF3N3O4S. The Hall–Kier alpha value is -3.10. The minimum atomic E-state index is -4.70. The first-order valence-electron chi connectivity index (χ1n) is 8.99. The van der Waals surface area contributed by atoms with Gasteiger partial charge in [0.15, 0.2) is 9.84 Å². The lowest BCUT2D eigenvalue weighted by Gasteiger charge is -2.18. The second kappa shape index (κ2) is 10.5. The fourth-order valence-corrected chi connectivity index (χ4v) is 4.51. The highest BCUT2D eigenvalue weighted by molar-refractivity contribution is 7.90. The van der Waals surface area contributed by atoms with Crippen LogP contribution in [-0.2, 0) is 26.6 Å². The molecule has 0 spiro atoms. The van der Waals surface area contributed by atoms with Gasteiger partial charge in [-0.2, -0.15) is 18.4 Å². The van der Waals surface area contributed by atoms with Crippen molar-refractivity contribution in [2.75, 3.05) is 12.3 Å². The van der Waals surface area contributed by atoms with Crippen LogP contribution < -0.4 is 10.6 Å². The van der Waals surface area contributed by atoms with Crippen LogP contribution in [0.25, 0.3) is 0 Å². The van der Waals surface area contributed by atoms with Crippen LogP contribution in [0.4, 0.5) is 13.2 Å². The number of nitriles is 1. The first-order valence-corrected chi connectivity index (χ1v) is 11.2. The van der Waals surface area contributed by atoms with Gasteiger partial charge in [0.05, 0.1) is 23.1 Å². The predicted octanol–water partition coefficient (Wildman–Crippen LogP) is 2.71. The van der Waals surface area contributed by atoms with Crippen molar-refractivity contribution < 1.29 is 31.2 Å². The number of hydrogen-bond donors (Lipinski definition) is 2. The molecule has 0 bridgehead atoms. The van der Waals surface area contributed by atoms with Crippen LogP contribution in [0, 0.1) is 11.3 Å². The van der Waals surface area contributed by atoms with Gasteiger partial charge in [0.2, 0.25) is 5.91 Å². The number of carbonyl (C=O) groups excluding carboxylic acids is 2. The Balaban J connectivity index is 2.26. The lowest BCUT2D eigenvalue weighted by atomic mass is 10.1. The highest BCUT2D eigenvalue weighted by atomic mass is 35.5. The summed E-state index contributed by atoms with van der Waals surface area (Å²) in [5.74, 6) is -3.49. The average molecular weight is 488 g/mol. The molecule has 0 unspecified atom stereocenters. The van der Waals surface area contributed by atoms with Crippen molar-refractivity contribution in [3.8, 4) is 6.07 Å². The van der Waals surface area contributed by atoms with Crippen molar-refractivity contribution in [3.63, 3.8) is 0 Å². The van der Waals surface area contributed by atoms with Gasteiger partial charge < -0.3 is 10.6 Å². The third kappa shape index (κ3) is 7.25. The van der Waals surface area contributed by atoms with Crippen LogP contribution >= 0.6 is 11.6 Å². The number of nitrogens with one attached hydrogen (secondary N) is 2. The predicted molar refractivity (Wildman–Crippen MR) is 110 cm³/mol. The molecule has 0 saturated carbocycles. The van der Waals surface area contributed by atoms with Gasteiger partial charge in [-0.05, 0) is 35.9 Å². The quantitative estimate of drug-likeness (QED) is 0.555. The monoisotopic (exact) mass is 487 g/mol. The van der Waals surface area contributed by atoms with E-state index in [1.54, 1.807) is 24.3 Å². The Bertz CT molecular complexity index is 1130. The normalized spacial score (nSPS) is 12.5. The highest BCUT2D eigenvalue weighted by Gasteiger charge is 2.32. The summed E-state index contributed by atoms with van der Waals surface area (Å²) in [6.45, 7) is -0.434. The molecule has 2 N–H and O–H groups in total. The third-order valence-corrected chi connectivity index (χ3v) is 6.13. The first kappa shape index (κ1) is 25.2. The minimum Gasteiger partial charge on any atom is -0.341 e. The van der Waals surface area contributed by atoms with Crippen LogP contribution in [0.3, 0.4) is 0 Å². The fourth-order valence-electron chi connectivity index (χ4n) is 2.68. The van der Waals surface area contributed by atoms with E-state index in [-0.39, 0.29) is 16.1 Å². The number of hydrogen-bond acceptors (Lipinski definition) is 5. The van der Waals surface area contributed by atoms with E-state index in [0.29, 0.717) is 6.07 Å². The van der Waals surface area contributed by atoms with Crippen LogP contribution in [0.15, 0.2) is 48.5 Å². The standard InChI is InChI=1S/C20H17ClF3N3O4S/c21-16-7-6-15(20(22,23)24)10-14(16)11-32(30,31)12-17(19(29)26-9-8-25)27-18(28)13-4-2-1-3-5-13/h1-7,10,17H,9,11-12H2,(H,26,29)(H,27,28)/t17-/m0/s1. The number of rotatable bonds is 8. The summed E-state index contributed by atoms with van der Waals surface area (Å²) >= 11 is 5.87. The Morgan fingerprint density at radius 2 is 1.78 bits per heavy atom. The second-order valence-electron chi connectivity index (χ2n) is 6.63. The summed E-state index contributed by atoms with van der Waals surface area (Å²) in [4.78, 5) is 24.7. The molecule has 0 aliphatic carbocycles. The number of benzene rings is 2. The van der Waals surface area contributed by atoms with Gasteiger partial charge in [0, 0.05) is 10.6 Å². The van der Waals surface area contributed by atoms with Crippen LogP contribution in [0.1, 0.15) is 21.5 Å². The van der Waals surface area contributed by atoms with Gasteiger partial charge in [0.1, 0.15) is 12.6 Å². The highest BCUT2D eigenvalue weighted by Crippen LogP contribution is 2.32. The molecule has 0 aliphatic heterocycles. The lowest BCUT2D eigenvalue weighted by molar-refractivity contribution is -0.137. The van der Waals surface area contributed by atoms with Crippen molar-refractivity contribution in [2.45, 2.75) is 18.0 Å². The molecule has 2 aromatic carbocycles. The maximum absolute atomic E-state index is 13.0. The molecule has 0 heterocycles. The molecule has 0 aliphatic rings. The van der Waals surface area contributed by atoms with Gasteiger partial charge in [-0.3, -0.25) is 9.59 Å². The van der Waals surface area contributed by atoms with E-state index in [1.807, 2.05) is 0 Å². The van der Waals surface area contributed by atoms with Crippen molar-refractivity contribution >= 4 is 33.3 Å². The number of nitrogens with zero attached hydrogens (tertiary/aromatic N) is 1. The molecule has 2 rings (SSSR count). The first-order chi connectivity index (χ1) is 14.9. The van der Waals surface area contributed by atoms with Gasteiger partial charge in [0.25, 0.3) is 5.91 Å². The molecular weight excluding hydrogens is 471 g/mol. The van der Waals surface area contributed by atoms with Gasteiger partial charge in [-0.15, -0.1) is 0 Å². The van der Waals surface area contributed by atoms with Crippen LogP contribution in [0.2, 0.25) is 5.02 Å². The molecule has 0 saturated heterocycles. The molecule has 12 heteroatoms. The van der Waals surface area contributed by atoms with E-state index >= 15 is 0 Å². The molecule has 0 fully saturated rings. The van der Waals surface area contributed by atoms with E-state index in [0.717, 1.165) is 12.1 Å². The van der Waals surface area contributed by atoms with E-state index in [4.69, 9.17) is 16.9 Å². The maximum Gasteiger partial charge on any atom is 0.416 e. The Morgan fingerprint density at radius 3 is 2.38 bits per heavy atom. The van der Waals surface area contributed by atoms with E-state index < -0.39 is 57.5 Å². The summed E-state index contributed by atoms with van der Waals surface area (Å²) in [7, 11) is -4.23. The number of amides is 2. The second-order valence-corrected chi connectivity index (χ2v) is 9.14. The molecule has 1 atom stereocenters. The number of carbonyl (C=O) groups is 2. The molecule has 0 radical (unpaired) electrons. The topological polar surface area (TPSA) is 116 Å². The maximum atomic E-state index is 13.0. The zero-order valence-electron chi connectivity index (χ0n) is 16.3. The smallest absolute Gasteiger partial charge is 0.341 e. The summed E-state index contributed by atoms with van der Waals surface area (Å²) in [6, 6.07) is 9.99. The SMILES string of the molecule is N#CCNC(=O)[C@H](CS(=O)(=O)Cc1cc(C(F)(F)F)ccc1Cl)NC(=O)c1ccccc1. The summed E-state index contributed by atoms with van der Waals surface area (Å²) in [5.41, 5.74) is -1.22. The lowest BCUT2D eigenvalue weighted by Crippen LogP contribution is -2.50. The van der Waals surface area contributed by atoms with E-state index in [2.05, 4.69) is 10.6 Å². The Labute approximate surface area is 187 Å². The number of sulfone groups is 1. The molecule has 32 heavy (non-hydrogen) atoms. The minimum absolute atomic E-state index is 0.156. The van der Waals surface area contributed by atoms with E-state index in [9.17, 15) is 31.2 Å². The van der Waals surface area contributed by atoms with Crippen molar-refractivity contribution in [1.82, 2.24) is 10.6 Å². The van der Waals surface area contributed by atoms with Gasteiger partial charge in [-0.25, -0.2) is 8.42 Å². The summed E-state index contributed by atoms with van der Waals surface area (Å²) in [5, 5.41) is 12.9. The van der Waals surface area contributed by atoms with Crippen molar-refractivity contribution in [1.29, 1.82) is 5.26 Å². The molecule has 2 amide bonds. The number of halogens is 4. The zero-order chi connectivity index (χ0) is 23.9. The summed E-state index contributed by atoms with van der Waals surface area (Å²) < 4.78 is 64.2. The Kier molecular flexibility index (Phi) is 8.24. The fraction of sp³-hybridized carbons (Fsp3) is 0.250. The molecule has 170 valence electrons. The van der Waals surface area contributed by atoms with Crippen molar-refractivity contribution in [2.24, 2.45) is 0 Å². The van der Waals surface area contributed by atoms with Crippen LogP contribution in [0.5, 0.6) is 0 Å². The Morgan fingerprint density at radius 1 is 1.12 bits per heavy atom. The van der Waals surface area contributed by atoms with Crippen molar-refractivity contribution in [3.05, 3.63) is 70.2 Å². The number of alkyl halides is 3. The molecule has 7 nitrogen and oxygen atoms in total. The van der Waals surface area contributed by atoms with Gasteiger partial charge >= 0.3 is 6.18 Å². The largest absolute Gasteiger partial charge is 0.416 e. The molecule has 2 aromatic rings. The zero-order valence-corrected chi connectivity index (χ0v) is 17.9. The van der Waals surface area contributed by atoms with E-state index in [1.165, 1.54) is 12.1 Å². The molecule has 0 aromatic heterocycles. The average Bonchev–Trinajstić information content (AvgIpc) is 2.72. The van der Waals surface area contributed by atoms with Crippen LogP contribution in [-0.4, -0.2) is 38.6 Å².